The number of hydrogen-bond acceptors (Lipinski definition) is 6. The number of tetrazole rings is 1. The minimum Gasteiger partial charge on any atom is -0.325 e. The molecule has 6 nitrogen and oxygen atoms in total. The van der Waals surface area contributed by atoms with E-state index in [0.717, 1.165) is 17.0 Å². The summed E-state index contributed by atoms with van der Waals surface area (Å²) in [5, 5.41) is 12.0. The van der Waals surface area contributed by atoms with E-state index < -0.39 is 0 Å². The predicted octanol–water partition coefficient (Wildman–Crippen LogP) is 3.48. The Morgan fingerprint density at radius 1 is 1.25 bits per heavy atom. The molecule has 4 rings (SSSR count). The summed E-state index contributed by atoms with van der Waals surface area (Å²) in [6.45, 7) is 2.61. The first kappa shape index (κ1) is 18.9. The van der Waals surface area contributed by atoms with Crippen LogP contribution in [0, 0.1) is 12.7 Å². The highest BCUT2D eigenvalue weighted by Gasteiger charge is 2.32. The number of benzene rings is 2. The number of rotatable bonds is 5. The molecule has 1 aliphatic heterocycles. The minimum absolute atomic E-state index is 0.0540. The second-order valence-electron chi connectivity index (χ2n) is 6.33. The molecule has 2 aromatic carbocycles. The number of halogens is 1. The fourth-order valence-corrected chi connectivity index (χ4v) is 5.06. The van der Waals surface area contributed by atoms with Gasteiger partial charge in [0.1, 0.15) is 11.2 Å². The molecule has 0 aliphatic carbocycles. The van der Waals surface area contributed by atoms with E-state index >= 15 is 0 Å². The Morgan fingerprint density at radius 3 is 2.82 bits per heavy atom. The molecule has 0 spiro atoms. The molecule has 1 aromatic heterocycles. The van der Waals surface area contributed by atoms with Crippen molar-refractivity contribution < 1.29 is 9.18 Å². The maximum Gasteiger partial charge on any atom is 0.234 e. The van der Waals surface area contributed by atoms with Crippen molar-refractivity contribution in [3.8, 4) is 5.69 Å². The van der Waals surface area contributed by atoms with Gasteiger partial charge in [0.25, 0.3) is 0 Å². The van der Waals surface area contributed by atoms with E-state index in [1.807, 2.05) is 31.2 Å². The van der Waals surface area contributed by atoms with Crippen LogP contribution >= 0.6 is 23.5 Å². The van der Waals surface area contributed by atoms with Crippen molar-refractivity contribution >= 4 is 29.4 Å². The second kappa shape index (κ2) is 8.32. The molecule has 0 unspecified atom stereocenters. The lowest BCUT2D eigenvalue weighted by molar-refractivity contribution is -0.128. The van der Waals surface area contributed by atoms with Gasteiger partial charge < -0.3 is 4.90 Å². The number of aromatic nitrogens is 4. The van der Waals surface area contributed by atoms with Crippen LogP contribution in [0.25, 0.3) is 5.69 Å². The number of hydrogen-bond donors (Lipinski definition) is 0. The molecule has 28 heavy (non-hydrogen) atoms. The summed E-state index contributed by atoms with van der Waals surface area (Å²) in [4.78, 5) is 14.6. The summed E-state index contributed by atoms with van der Waals surface area (Å²) in [6.07, 6.45) is 0. The van der Waals surface area contributed by atoms with E-state index in [1.165, 1.54) is 17.8 Å². The van der Waals surface area contributed by atoms with Crippen molar-refractivity contribution in [2.24, 2.45) is 0 Å². The maximum absolute atomic E-state index is 14.2. The van der Waals surface area contributed by atoms with Crippen molar-refractivity contribution in [1.29, 1.82) is 0 Å². The third kappa shape index (κ3) is 3.90. The molecule has 1 fully saturated rings. The maximum atomic E-state index is 14.2. The molecule has 0 bridgehead atoms. The summed E-state index contributed by atoms with van der Waals surface area (Å²) >= 11 is 2.86. The van der Waals surface area contributed by atoms with Crippen molar-refractivity contribution in [3.05, 3.63) is 65.5 Å². The summed E-state index contributed by atoms with van der Waals surface area (Å²) in [5.41, 5.74) is 2.53. The summed E-state index contributed by atoms with van der Waals surface area (Å²) in [6, 6.07) is 14.5. The van der Waals surface area contributed by atoms with Crippen LogP contribution in [0.4, 0.5) is 4.39 Å². The van der Waals surface area contributed by atoms with Crippen LogP contribution in [0.3, 0.4) is 0 Å². The third-order valence-electron chi connectivity index (χ3n) is 4.43. The number of carbonyl (C=O) groups excluding carboxylic acids is 1. The minimum atomic E-state index is -0.289. The van der Waals surface area contributed by atoms with Crippen LogP contribution in [-0.2, 0) is 4.79 Å². The topological polar surface area (TPSA) is 63.9 Å². The molecule has 1 atom stereocenters. The Kier molecular flexibility index (Phi) is 5.63. The van der Waals surface area contributed by atoms with Gasteiger partial charge in [-0.05, 0) is 35.5 Å². The highest BCUT2D eigenvalue weighted by molar-refractivity contribution is 8.00. The zero-order valence-corrected chi connectivity index (χ0v) is 16.8. The van der Waals surface area contributed by atoms with Crippen molar-refractivity contribution in [2.75, 3.05) is 18.1 Å². The molecule has 0 radical (unpaired) electrons. The molecule has 144 valence electrons. The summed E-state index contributed by atoms with van der Waals surface area (Å²) in [5.74, 6) is 0.645. The zero-order chi connectivity index (χ0) is 19.5. The van der Waals surface area contributed by atoms with Crippen molar-refractivity contribution in [2.45, 2.75) is 17.5 Å². The number of aryl methyl sites for hydroxylation is 1. The first-order valence-corrected chi connectivity index (χ1v) is 10.8. The van der Waals surface area contributed by atoms with Gasteiger partial charge in [-0.2, -0.15) is 4.68 Å². The molecule has 1 aliphatic rings. The zero-order valence-electron chi connectivity index (χ0n) is 15.2. The average Bonchev–Trinajstić information content (AvgIpc) is 3.37. The van der Waals surface area contributed by atoms with Gasteiger partial charge in [0, 0.05) is 17.9 Å². The standard InChI is InChI=1S/C19H18FN5OS2/c1-13-6-8-14(9-7-13)25-19(21-22-23-25)28-12-17(26)24-10-11-27-18(24)15-4-2-3-5-16(15)20/h2-9,18H,10-12H2,1H3/t18-/m1/s1. The predicted molar refractivity (Wildman–Crippen MR) is 108 cm³/mol. The Bertz CT molecular complexity index is 978. The Labute approximate surface area is 170 Å². The van der Waals surface area contributed by atoms with Gasteiger partial charge in [0.15, 0.2) is 0 Å². The van der Waals surface area contributed by atoms with Crippen LogP contribution in [0.15, 0.2) is 53.7 Å². The SMILES string of the molecule is Cc1ccc(-n2nnnc2SCC(=O)N2CCS[C@@H]2c2ccccc2F)cc1. The van der Waals surface area contributed by atoms with Gasteiger partial charge in [-0.15, -0.1) is 16.9 Å². The number of carbonyl (C=O) groups is 1. The van der Waals surface area contributed by atoms with Crippen LogP contribution in [0.1, 0.15) is 16.5 Å². The molecule has 1 amide bonds. The van der Waals surface area contributed by atoms with Crippen LogP contribution in [-0.4, -0.2) is 49.1 Å². The Hall–Kier alpha value is -2.39. The Balaban J connectivity index is 1.46. The highest BCUT2D eigenvalue weighted by atomic mass is 32.2. The van der Waals surface area contributed by atoms with Gasteiger partial charge >= 0.3 is 0 Å². The van der Waals surface area contributed by atoms with Gasteiger partial charge in [-0.1, -0.05) is 47.7 Å². The van der Waals surface area contributed by atoms with E-state index in [9.17, 15) is 9.18 Å². The van der Waals surface area contributed by atoms with E-state index in [-0.39, 0.29) is 22.9 Å². The lowest BCUT2D eigenvalue weighted by Crippen LogP contribution is -2.32. The first-order chi connectivity index (χ1) is 13.6. The molecule has 0 N–H and O–H groups in total. The molecule has 1 saturated heterocycles. The second-order valence-corrected chi connectivity index (χ2v) is 8.46. The monoisotopic (exact) mass is 415 g/mol. The van der Waals surface area contributed by atoms with Gasteiger partial charge in [0.2, 0.25) is 11.1 Å². The van der Waals surface area contributed by atoms with Gasteiger partial charge in [-0.25, -0.2) is 4.39 Å². The molecule has 9 heteroatoms. The molecule has 3 aromatic rings. The lowest BCUT2D eigenvalue weighted by atomic mass is 10.2. The van der Waals surface area contributed by atoms with Crippen LogP contribution in [0.5, 0.6) is 0 Å². The van der Waals surface area contributed by atoms with E-state index in [0.29, 0.717) is 17.3 Å². The van der Waals surface area contributed by atoms with Crippen LogP contribution in [0.2, 0.25) is 0 Å². The fourth-order valence-electron chi connectivity index (χ4n) is 2.98. The molecular formula is C19H18FN5OS2. The summed E-state index contributed by atoms with van der Waals surface area (Å²) in [7, 11) is 0. The quantitative estimate of drug-likeness (QED) is 0.595. The van der Waals surface area contributed by atoms with Gasteiger partial charge in [-0.3, -0.25) is 4.79 Å². The van der Waals surface area contributed by atoms with Crippen LogP contribution < -0.4 is 0 Å². The summed E-state index contributed by atoms with van der Waals surface area (Å²) < 4.78 is 15.8. The fraction of sp³-hybridized carbons (Fsp3) is 0.263. The van der Waals surface area contributed by atoms with Gasteiger partial charge in [0.05, 0.1) is 11.4 Å². The molecule has 2 heterocycles. The first-order valence-electron chi connectivity index (χ1n) is 8.77. The number of nitrogens with zero attached hydrogens (tertiary/aromatic N) is 5. The normalized spacial score (nSPS) is 16.5. The molecular weight excluding hydrogens is 397 g/mol. The number of thioether (sulfide) groups is 2. The third-order valence-corrected chi connectivity index (χ3v) is 6.57. The average molecular weight is 416 g/mol. The smallest absolute Gasteiger partial charge is 0.234 e. The van der Waals surface area contributed by atoms with Crippen molar-refractivity contribution in [1.82, 2.24) is 25.1 Å². The Morgan fingerprint density at radius 2 is 2.04 bits per heavy atom. The molecule has 0 saturated carbocycles. The van der Waals surface area contributed by atoms with E-state index in [2.05, 4.69) is 15.5 Å². The highest BCUT2D eigenvalue weighted by Crippen LogP contribution is 2.39. The van der Waals surface area contributed by atoms with E-state index in [4.69, 9.17) is 0 Å². The largest absolute Gasteiger partial charge is 0.325 e. The lowest BCUT2D eigenvalue weighted by Gasteiger charge is -2.24. The van der Waals surface area contributed by atoms with Crippen molar-refractivity contribution in [3.63, 3.8) is 0 Å². The number of amides is 1. The van der Waals surface area contributed by atoms with E-state index in [1.54, 1.807) is 39.5 Å².